The van der Waals surface area contributed by atoms with E-state index in [1.807, 2.05) is 19.1 Å². The Kier molecular flexibility index (Phi) is 4.69. The SMILES string of the molecule is Cc1ccccc1[C@H](C)NC(=S)Nc1cccc(F)c1. The Hall–Kier alpha value is -1.94. The first-order valence-corrected chi connectivity index (χ1v) is 6.85. The first-order valence-electron chi connectivity index (χ1n) is 6.45. The Bertz CT molecular complexity index is 613. The van der Waals surface area contributed by atoms with Crippen LogP contribution in [0.1, 0.15) is 24.1 Å². The van der Waals surface area contributed by atoms with Crippen molar-refractivity contribution in [2.75, 3.05) is 5.32 Å². The lowest BCUT2D eigenvalue weighted by molar-refractivity contribution is 0.628. The molecule has 2 rings (SSSR count). The van der Waals surface area contributed by atoms with Crippen molar-refractivity contribution in [2.24, 2.45) is 0 Å². The third kappa shape index (κ3) is 3.78. The Labute approximate surface area is 124 Å². The number of nitrogens with one attached hydrogen (secondary N) is 2. The van der Waals surface area contributed by atoms with Crippen LogP contribution >= 0.6 is 12.2 Å². The van der Waals surface area contributed by atoms with Gasteiger partial charge in [0.15, 0.2) is 5.11 Å². The van der Waals surface area contributed by atoms with Crippen molar-refractivity contribution in [1.29, 1.82) is 0 Å². The molecule has 2 aromatic carbocycles. The highest BCUT2D eigenvalue weighted by Crippen LogP contribution is 2.17. The normalized spacial score (nSPS) is 11.8. The summed E-state index contributed by atoms with van der Waals surface area (Å²) in [6, 6.07) is 14.5. The van der Waals surface area contributed by atoms with Gasteiger partial charge in [-0.2, -0.15) is 0 Å². The van der Waals surface area contributed by atoms with Crippen LogP contribution in [0.5, 0.6) is 0 Å². The van der Waals surface area contributed by atoms with Gasteiger partial charge < -0.3 is 10.6 Å². The van der Waals surface area contributed by atoms with E-state index < -0.39 is 0 Å². The zero-order valence-electron chi connectivity index (χ0n) is 11.5. The molecule has 0 aliphatic heterocycles. The van der Waals surface area contributed by atoms with Crippen LogP contribution < -0.4 is 10.6 Å². The number of hydrogen-bond acceptors (Lipinski definition) is 1. The molecule has 0 unspecified atom stereocenters. The van der Waals surface area contributed by atoms with Crippen molar-refractivity contribution in [3.05, 3.63) is 65.5 Å². The Morgan fingerprint density at radius 1 is 1.15 bits per heavy atom. The van der Waals surface area contributed by atoms with Crippen LogP contribution in [-0.2, 0) is 0 Å². The first-order chi connectivity index (χ1) is 9.56. The van der Waals surface area contributed by atoms with E-state index in [-0.39, 0.29) is 11.9 Å². The highest BCUT2D eigenvalue weighted by molar-refractivity contribution is 7.80. The fourth-order valence-corrected chi connectivity index (χ4v) is 2.38. The minimum atomic E-state index is -0.287. The van der Waals surface area contributed by atoms with Crippen molar-refractivity contribution >= 4 is 23.0 Å². The van der Waals surface area contributed by atoms with Gasteiger partial charge in [-0.15, -0.1) is 0 Å². The van der Waals surface area contributed by atoms with E-state index in [0.717, 1.165) is 0 Å². The fourth-order valence-electron chi connectivity index (χ4n) is 2.08. The van der Waals surface area contributed by atoms with Gasteiger partial charge in [0.05, 0.1) is 6.04 Å². The lowest BCUT2D eigenvalue weighted by atomic mass is 10.0. The van der Waals surface area contributed by atoms with E-state index in [2.05, 4.69) is 29.7 Å². The summed E-state index contributed by atoms with van der Waals surface area (Å²) in [6.45, 7) is 4.11. The average molecular weight is 288 g/mol. The molecule has 104 valence electrons. The highest BCUT2D eigenvalue weighted by atomic mass is 32.1. The maximum absolute atomic E-state index is 13.1. The first kappa shape index (κ1) is 14.5. The van der Waals surface area contributed by atoms with Gasteiger partial charge in [0.25, 0.3) is 0 Å². The Morgan fingerprint density at radius 3 is 2.60 bits per heavy atom. The molecule has 0 bridgehead atoms. The quantitative estimate of drug-likeness (QED) is 0.828. The second-order valence-electron chi connectivity index (χ2n) is 4.69. The molecule has 0 aliphatic rings. The monoisotopic (exact) mass is 288 g/mol. The number of aryl methyl sites for hydroxylation is 1. The molecule has 2 aromatic rings. The second kappa shape index (κ2) is 6.48. The van der Waals surface area contributed by atoms with Crippen LogP contribution in [0.25, 0.3) is 0 Å². The van der Waals surface area contributed by atoms with Crippen LogP contribution in [-0.4, -0.2) is 5.11 Å². The van der Waals surface area contributed by atoms with Crippen LogP contribution in [0.2, 0.25) is 0 Å². The van der Waals surface area contributed by atoms with Gasteiger partial charge in [0.2, 0.25) is 0 Å². The van der Waals surface area contributed by atoms with Crippen LogP contribution in [0, 0.1) is 12.7 Å². The number of halogens is 1. The molecule has 0 heterocycles. The summed E-state index contributed by atoms with van der Waals surface area (Å²) in [7, 11) is 0. The van der Waals surface area contributed by atoms with E-state index in [1.54, 1.807) is 12.1 Å². The minimum absolute atomic E-state index is 0.0877. The topological polar surface area (TPSA) is 24.1 Å². The van der Waals surface area contributed by atoms with Gasteiger partial charge in [-0.3, -0.25) is 0 Å². The van der Waals surface area contributed by atoms with Crippen LogP contribution in [0.15, 0.2) is 48.5 Å². The van der Waals surface area contributed by atoms with Gasteiger partial charge in [0, 0.05) is 5.69 Å². The molecule has 0 aliphatic carbocycles. The molecule has 1 atom stereocenters. The number of rotatable bonds is 3. The number of hydrogen-bond donors (Lipinski definition) is 2. The average Bonchev–Trinajstić information content (AvgIpc) is 2.38. The van der Waals surface area contributed by atoms with Crippen molar-refractivity contribution in [3.8, 4) is 0 Å². The molecule has 0 spiro atoms. The molecule has 2 N–H and O–H groups in total. The summed E-state index contributed by atoms with van der Waals surface area (Å²) in [6.07, 6.45) is 0. The summed E-state index contributed by atoms with van der Waals surface area (Å²) in [5, 5.41) is 6.66. The van der Waals surface area contributed by atoms with E-state index in [1.165, 1.54) is 23.3 Å². The van der Waals surface area contributed by atoms with Crippen molar-refractivity contribution in [3.63, 3.8) is 0 Å². The second-order valence-corrected chi connectivity index (χ2v) is 5.10. The molecule has 2 nitrogen and oxygen atoms in total. The smallest absolute Gasteiger partial charge is 0.171 e. The van der Waals surface area contributed by atoms with Crippen molar-refractivity contribution in [2.45, 2.75) is 19.9 Å². The molecule has 20 heavy (non-hydrogen) atoms. The minimum Gasteiger partial charge on any atom is -0.356 e. The Balaban J connectivity index is 2.00. The van der Waals surface area contributed by atoms with Crippen molar-refractivity contribution < 1.29 is 4.39 Å². The van der Waals surface area contributed by atoms with Gasteiger partial charge in [-0.25, -0.2) is 4.39 Å². The zero-order valence-corrected chi connectivity index (χ0v) is 12.3. The third-order valence-electron chi connectivity index (χ3n) is 3.09. The standard InChI is InChI=1S/C16H17FN2S/c1-11-6-3-4-9-15(11)12(2)18-16(20)19-14-8-5-7-13(17)10-14/h3-10,12H,1-2H3,(H2,18,19,20)/t12-/m0/s1. The lowest BCUT2D eigenvalue weighted by Crippen LogP contribution is -2.31. The predicted octanol–water partition coefficient (Wildman–Crippen LogP) is 4.18. The van der Waals surface area contributed by atoms with E-state index >= 15 is 0 Å². The maximum Gasteiger partial charge on any atom is 0.171 e. The fraction of sp³-hybridized carbons (Fsp3) is 0.188. The third-order valence-corrected chi connectivity index (χ3v) is 3.30. The summed E-state index contributed by atoms with van der Waals surface area (Å²) in [5.41, 5.74) is 3.04. The molecule has 4 heteroatoms. The van der Waals surface area contributed by atoms with Crippen LogP contribution in [0.3, 0.4) is 0 Å². The van der Waals surface area contributed by atoms with Gasteiger partial charge in [0.1, 0.15) is 5.82 Å². The van der Waals surface area contributed by atoms with Crippen LogP contribution in [0.4, 0.5) is 10.1 Å². The molecule has 0 saturated heterocycles. The van der Waals surface area contributed by atoms with Gasteiger partial charge >= 0.3 is 0 Å². The largest absolute Gasteiger partial charge is 0.356 e. The van der Waals surface area contributed by atoms with Gasteiger partial charge in [-0.1, -0.05) is 30.3 Å². The van der Waals surface area contributed by atoms with E-state index in [0.29, 0.717) is 10.8 Å². The number of thiocarbonyl (C=S) groups is 1. The molecular weight excluding hydrogens is 271 g/mol. The lowest BCUT2D eigenvalue weighted by Gasteiger charge is -2.19. The number of benzene rings is 2. The van der Waals surface area contributed by atoms with E-state index in [9.17, 15) is 4.39 Å². The van der Waals surface area contributed by atoms with E-state index in [4.69, 9.17) is 12.2 Å². The summed E-state index contributed by atoms with van der Waals surface area (Å²) < 4.78 is 13.1. The summed E-state index contributed by atoms with van der Waals surface area (Å²) in [5.74, 6) is -0.287. The molecule has 0 aromatic heterocycles. The molecule has 0 saturated carbocycles. The maximum atomic E-state index is 13.1. The van der Waals surface area contributed by atoms with Crippen molar-refractivity contribution in [1.82, 2.24) is 5.32 Å². The zero-order chi connectivity index (χ0) is 14.5. The van der Waals surface area contributed by atoms with Gasteiger partial charge in [-0.05, 0) is 55.4 Å². The molecular formula is C16H17FN2S. The molecule has 0 radical (unpaired) electrons. The summed E-state index contributed by atoms with van der Waals surface area (Å²) in [4.78, 5) is 0. The molecule has 0 fully saturated rings. The number of anilines is 1. The molecule has 0 amide bonds. The Morgan fingerprint density at radius 2 is 1.90 bits per heavy atom. The highest BCUT2D eigenvalue weighted by Gasteiger charge is 2.09. The summed E-state index contributed by atoms with van der Waals surface area (Å²) >= 11 is 5.25. The predicted molar refractivity (Wildman–Crippen MR) is 85.4 cm³/mol.